The van der Waals surface area contributed by atoms with Crippen LogP contribution in [-0.4, -0.2) is 19.2 Å². The van der Waals surface area contributed by atoms with Gasteiger partial charge in [0, 0.05) is 17.8 Å². The van der Waals surface area contributed by atoms with E-state index in [1.54, 1.807) is 7.11 Å². The number of hydrogen-bond donors (Lipinski definition) is 2. The van der Waals surface area contributed by atoms with E-state index in [4.69, 9.17) is 4.74 Å². The molecule has 1 aliphatic carbocycles. The van der Waals surface area contributed by atoms with Crippen molar-refractivity contribution in [2.24, 2.45) is 5.92 Å². The zero-order chi connectivity index (χ0) is 13.7. The summed E-state index contributed by atoms with van der Waals surface area (Å²) in [6, 6.07) is 7.53. The fraction of sp³-hybridized carbons (Fsp3) is 0.533. The van der Waals surface area contributed by atoms with Crippen LogP contribution in [-0.2, 0) is 0 Å². The van der Waals surface area contributed by atoms with E-state index >= 15 is 0 Å². The van der Waals surface area contributed by atoms with E-state index in [-0.39, 0.29) is 6.03 Å². The molecule has 1 aromatic rings. The lowest BCUT2D eigenvalue weighted by Crippen LogP contribution is -2.43. The summed E-state index contributed by atoms with van der Waals surface area (Å²) in [5, 5.41) is 5.92. The molecule has 4 nitrogen and oxygen atoms in total. The molecule has 1 saturated carbocycles. The SMILES string of the molecule is COc1cccc(NC(=O)N[C@@H]2CCCC[C@@H]2C)c1. The van der Waals surface area contributed by atoms with Gasteiger partial charge in [-0.3, -0.25) is 0 Å². The number of methoxy groups -OCH3 is 1. The Kier molecular flexibility index (Phi) is 4.66. The van der Waals surface area contributed by atoms with Crippen molar-refractivity contribution in [2.75, 3.05) is 12.4 Å². The molecule has 0 saturated heterocycles. The normalized spacial score (nSPS) is 22.6. The lowest BCUT2D eigenvalue weighted by atomic mass is 9.86. The number of amides is 2. The first-order chi connectivity index (χ1) is 9.19. The van der Waals surface area contributed by atoms with E-state index in [1.807, 2.05) is 24.3 Å². The second-order valence-electron chi connectivity index (χ2n) is 5.20. The van der Waals surface area contributed by atoms with E-state index in [1.165, 1.54) is 19.3 Å². The molecular weight excluding hydrogens is 240 g/mol. The van der Waals surface area contributed by atoms with Gasteiger partial charge in [0.1, 0.15) is 5.75 Å². The monoisotopic (exact) mass is 262 g/mol. The molecule has 0 spiro atoms. The van der Waals surface area contributed by atoms with Gasteiger partial charge in [0.05, 0.1) is 7.11 Å². The zero-order valence-electron chi connectivity index (χ0n) is 11.6. The summed E-state index contributed by atoms with van der Waals surface area (Å²) in [6.07, 6.45) is 4.75. The first-order valence-corrected chi connectivity index (χ1v) is 6.90. The Hall–Kier alpha value is -1.71. The molecule has 2 rings (SSSR count). The third-order valence-corrected chi connectivity index (χ3v) is 3.76. The van der Waals surface area contributed by atoms with Crippen LogP contribution in [0.1, 0.15) is 32.6 Å². The molecular formula is C15H22N2O2. The molecule has 2 amide bonds. The predicted octanol–water partition coefficient (Wildman–Crippen LogP) is 3.40. The Morgan fingerprint density at radius 1 is 1.32 bits per heavy atom. The standard InChI is InChI=1S/C15H22N2O2/c1-11-6-3-4-9-14(11)17-15(18)16-12-7-5-8-13(10-12)19-2/h5,7-8,10-11,14H,3-4,6,9H2,1-2H3,(H2,16,17,18)/t11-,14+/m0/s1. The summed E-state index contributed by atoms with van der Waals surface area (Å²) in [7, 11) is 1.61. The number of carbonyl (C=O) groups is 1. The minimum absolute atomic E-state index is 0.132. The van der Waals surface area contributed by atoms with Gasteiger partial charge in [-0.25, -0.2) is 4.79 Å². The summed E-state index contributed by atoms with van der Waals surface area (Å²) < 4.78 is 5.13. The summed E-state index contributed by atoms with van der Waals surface area (Å²) in [6.45, 7) is 2.20. The second kappa shape index (κ2) is 6.45. The fourth-order valence-electron chi connectivity index (χ4n) is 2.57. The number of urea groups is 1. The summed E-state index contributed by atoms with van der Waals surface area (Å²) in [5.74, 6) is 1.30. The van der Waals surface area contributed by atoms with Crippen molar-refractivity contribution in [3.8, 4) is 5.75 Å². The van der Waals surface area contributed by atoms with E-state index in [0.29, 0.717) is 12.0 Å². The van der Waals surface area contributed by atoms with E-state index < -0.39 is 0 Å². The maximum Gasteiger partial charge on any atom is 0.319 e. The van der Waals surface area contributed by atoms with Gasteiger partial charge in [-0.1, -0.05) is 25.8 Å². The van der Waals surface area contributed by atoms with Crippen molar-refractivity contribution in [2.45, 2.75) is 38.6 Å². The van der Waals surface area contributed by atoms with Gasteiger partial charge in [0.25, 0.3) is 0 Å². The quantitative estimate of drug-likeness (QED) is 0.877. The number of ether oxygens (including phenoxy) is 1. The summed E-state index contributed by atoms with van der Waals surface area (Å²) >= 11 is 0. The van der Waals surface area contributed by atoms with Crippen LogP contribution in [0.3, 0.4) is 0 Å². The van der Waals surface area contributed by atoms with Gasteiger partial charge >= 0.3 is 6.03 Å². The van der Waals surface area contributed by atoms with Crippen molar-refractivity contribution in [1.82, 2.24) is 5.32 Å². The molecule has 2 N–H and O–H groups in total. The molecule has 0 aliphatic heterocycles. The lowest BCUT2D eigenvalue weighted by molar-refractivity contribution is 0.232. The van der Waals surface area contributed by atoms with E-state index in [2.05, 4.69) is 17.6 Å². The van der Waals surface area contributed by atoms with Crippen molar-refractivity contribution < 1.29 is 9.53 Å². The highest BCUT2D eigenvalue weighted by molar-refractivity contribution is 5.89. The maximum atomic E-state index is 12.0. The number of nitrogens with one attached hydrogen (secondary N) is 2. The highest BCUT2D eigenvalue weighted by Crippen LogP contribution is 2.24. The van der Waals surface area contributed by atoms with E-state index in [9.17, 15) is 4.79 Å². The Morgan fingerprint density at radius 3 is 2.84 bits per heavy atom. The van der Waals surface area contributed by atoms with Crippen molar-refractivity contribution >= 4 is 11.7 Å². The van der Waals surface area contributed by atoms with Crippen LogP contribution in [0.5, 0.6) is 5.75 Å². The van der Waals surface area contributed by atoms with Gasteiger partial charge in [-0.2, -0.15) is 0 Å². The Balaban J connectivity index is 1.89. The molecule has 0 radical (unpaired) electrons. The molecule has 4 heteroatoms. The van der Waals surface area contributed by atoms with Crippen molar-refractivity contribution in [1.29, 1.82) is 0 Å². The van der Waals surface area contributed by atoms with E-state index in [0.717, 1.165) is 17.9 Å². The summed E-state index contributed by atoms with van der Waals surface area (Å²) in [4.78, 5) is 12.0. The average Bonchev–Trinajstić information content (AvgIpc) is 2.41. The van der Waals surface area contributed by atoms with Gasteiger partial charge in [0.15, 0.2) is 0 Å². The van der Waals surface area contributed by atoms with Crippen LogP contribution >= 0.6 is 0 Å². The third-order valence-electron chi connectivity index (χ3n) is 3.76. The number of hydrogen-bond acceptors (Lipinski definition) is 2. The molecule has 0 bridgehead atoms. The Morgan fingerprint density at radius 2 is 2.11 bits per heavy atom. The first-order valence-electron chi connectivity index (χ1n) is 6.90. The summed E-state index contributed by atoms with van der Waals surface area (Å²) in [5.41, 5.74) is 0.750. The van der Waals surface area contributed by atoms with Crippen molar-refractivity contribution in [3.63, 3.8) is 0 Å². The smallest absolute Gasteiger partial charge is 0.319 e. The molecule has 0 unspecified atom stereocenters. The highest BCUT2D eigenvalue weighted by atomic mass is 16.5. The minimum Gasteiger partial charge on any atom is -0.497 e. The van der Waals surface area contributed by atoms with Crippen LogP contribution in [0.25, 0.3) is 0 Å². The maximum absolute atomic E-state index is 12.0. The van der Waals surface area contributed by atoms with Crippen molar-refractivity contribution in [3.05, 3.63) is 24.3 Å². The van der Waals surface area contributed by atoms with Gasteiger partial charge < -0.3 is 15.4 Å². The molecule has 1 aromatic carbocycles. The average molecular weight is 262 g/mol. The zero-order valence-corrected chi connectivity index (χ0v) is 11.6. The fourth-order valence-corrected chi connectivity index (χ4v) is 2.57. The number of carbonyl (C=O) groups excluding carboxylic acids is 1. The van der Waals surface area contributed by atoms with Crippen LogP contribution in [0.15, 0.2) is 24.3 Å². The first kappa shape index (κ1) is 13.7. The topological polar surface area (TPSA) is 50.4 Å². The predicted molar refractivity (Wildman–Crippen MR) is 76.6 cm³/mol. The number of anilines is 1. The van der Waals surface area contributed by atoms with Crippen LogP contribution in [0, 0.1) is 5.92 Å². The molecule has 1 aliphatic rings. The Labute approximate surface area is 114 Å². The third kappa shape index (κ3) is 3.88. The van der Waals surface area contributed by atoms with Gasteiger partial charge in [0.2, 0.25) is 0 Å². The van der Waals surface area contributed by atoms with Crippen LogP contribution in [0.2, 0.25) is 0 Å². The number of benzene rings is 1. The Bertz CT molecular complexity index is 434. The molecule has 1 fully saturated rings. The van der Waals surface area contributed by atoms with Gasteiger partial charge in [-0.15, -0.1) is 0 Å². The molecule has 0 aromatic heterocycles. The second-order valence-corrected chi connectivity index (χ2v) is 5.20. The largest absolute Gasteiger partial charge is 0.497 e. The van der Waals surface area contributed by atoms with Crippen LogP contribution < -0.4 is 15.4 Å². The molecule has 2 atom stereocenters. The van der Waals surface area contributed by atoms with Gasteiger partial charge in [-0.05, 0) is 30.9 Å². The molecule has 0 heterocycles. The van der Waals surface area contributed by atoms with Crippen LogP contribution in [0.4, 0.5) is 10.5 Å². The lowest BCUT2D eigenvalue weighted by Gasteiger charge is -2.29. The molecule has 19 heavy (non-hydrogen) atoms. The molecule has 104 valence electrons. The number of rotatable bonds is 3. The highest BCUT2D eigenvalue weighted by Gasteiger charge is 2.22. The minimum atomic E-state index is -0.132.